The zero-order valence-corrected chi connectivity index (χ0v) is 8.81. The van der Waals surface area contributed by atoms with Crippen molar-refractivity contribution >= 4 is 5.91 Å². The smallest absolute Gasteiger partial charge is 0.233 e. The van der Waals surface area contributed by atoms with Crippen molar-refractivity contribution < 1.29 is 9.90 Å². The first kappa shape index (κ1) is 11.5. The Morgan fingerprint density at radius 3 is 2.71 bits per heavy atom. The van der Waals surface area contributed by atoms with Gasteiger partial charge in [0.15, 0.2) is 0 Å². The van der Waals surface area contributed by atoms with Crippen LogP contribution in [0, 0.1) is 5.41 Å². The molecule has 0 aromatic carbocycles. The molecule has 1 amide bonds. The van der Waals surface area contributed by atoms with Crippen LogP contribution in [-0.2, 0) is 4.79 Å². The number of amides is 1. The molecule has 0 aliphatic heterocycles. The first-order valence-corrected chi connectivity index (χ1v) is 5.31. The molecule has 0 aromatic heterocycles. The lowest BCUT2D eigenvalue weighted by molar-refractivity contribution is -0.120. The molecular weight excluding hydrogens is 180 g/mol. The number of aliphatic hydroxyl groups is 1. The predicted octanol–water partition coefficient (Wildman–Crippen LogP) is -0.125. The van der Waals surface area contributed by atoms with Crippen LogP contribution in [0.4, 0.5) is 0 Å². The summed E-state index contributed by atoms with van der Waals surface area (Å²) >= 11 is 0. The Morgan fingerprint density at radius 1 is 1.50 bits per heavy atom. The molecule has 1 fully saturated rings. The van der Waals surface area contributed by atoms with E-state index in [2.05, 4.69) is 10.6 Å². The Balaban J connectivity index is 2.06. The van der Waals surface area contributed by atoms with Gasteiger partial charge in [-0.25, -0.2) is 0 Å². The fourth-order valence-corrected chi connectivity index (χ4v) is 1.63. The van der Waals surface area contributed by atoms with E-state index in [0.29, 0.717) is 18.5 Å². The molecule has 1 saturated carbocycles. The van der Waals surface area contributed by atoms with Crippen LogP contribution >= 0.6 is 0 Å². The number of nitrogens with one attached hydrogen (secondary N) is 2. The third-order valence-electron chi connectivity index (χ3n) is 2.76. The molecule has 0 bridgehead atoms. The molecule has 0 atom stereocenters. The van der Waals surface area contributed by atoms with Gasteiger partial charge in [0.25, 0.3) is 0 Å². The van der Waals surface area contributed by atoms with Gasteiger partial charge in [-0.3, -0.25) is 4.79 Å². The van der Waals surface area contributed by atoms with Crippen LogP contribution in [0.15, 0.2) is 0 Å². The maximum absolute atomic E-state index is 11.1. The van der Waals surface area contributed by atoms with Gasteiger partial charge in [-0.15, -0.1) is 0 Å². The van der Waals surface area contributed by atoms with Crippen molar-refractivity contribution in [2.24, 2.45) is 5.41 Å². The fourth-order valence-electron chi connectivity index (χ4n) is 1.63. The average molecular weight is 200 g/mol. The molecule has 0 spiro atoms. The molecule has 14 heavy (non-hydrogen) atoms. The van der Waals surface area contributed by atoms with E-state index >= 15 is 0 Å². The maximum atomic E-state index is 11.1. The SMILES string of the molecule is CCNC(=O)CNCC1(CCO)CC1. The Bertz CT molecular complexity index is 191. The quantitative estimate of drug-likeness (QED) is 0.537. The van der Waals surface area contributed by atoms with E-state index in [-0.39, 0.29) is 12.5 Å². The summed E-state index contributed by atoms with van der Waals surface area (Å²) < 4.78 is 0. The van der Waals surface area contributed by atoms with Crippen LogP contribution < -0.4 is 10.6 Å². The minimum atomic E-state index is 0.0484. The van der Waals surface area contributed by atoms with Crippen molar-refractivity contribution in [1.29, 1.82) is 0 Å². The monoisotopic (exact) mass is 200 g/mol. The Kier molecular flexibility index (Phi) is 4.35. The van der Waals surface area contributed by atoms with Gasteiger partial charge in [0.05, 0.1) is 6.54 Å². The number of likely N-dealkylation sites (N-methyl/N-ethyl adjacent to an activating group) is 1. The lowest BCUT2D eigenvalue weighted by atomic mass is 10.0. The molecule has 1 aliphatic carbocycles. The number of aliphatic hydroxyl groups excluding tert-OH is 1. The second kappa shape index (κ2) is 5.32. The van der Waals surface area contributed by atoms with Crippen LogP contribution in [0.2, 0.25) is 0 Å². The fraction of sp³-hybridized carbons (Fsp3) is 0.900. The number of rotatable bonds is 7. The molecule has 4 heteroatoms. The highest BCUT2D eigenvalue weighted by Gasteiger charge is 2.41. The molecular formula is C10H20N2O2. The highest BCUT2D eigenvalue weighted by Crippen LogP contribution is 2.47. The number of hydrogen-bond acceptors (Lipinski definition) is 3. The first-order valence-electron chi connectivity index (χ1n) is 5.31. The topological polar surface area (TPSA) is 61.4 Å². The molecule has 1 rings (SSSR count). The molecule has 0 saturated heterocycles. The van der Waals surface area contributed by atoms with Crippen LogP contribution in [-0.4, -0.2) is 37.3 Å². The van der Waals surface area contributed by atoms with Crippen LogP contribution in [0.5, 0.6) is 0 Å². The van der Waals surface area contributed by atoms with Crippen molar-refractivity contribution in [3.63, 3.8) is 0 Å². The number of carbonyl (C=O) groups excluding carboxylic acids is 1. The molecule has 82 valence electrons. The van der Waals surface area contributed by atoms with Gasteiger partial charge in [0.2, 0.25) is 5.91 Å². The van der Waals surface area contributed by atoms with Crippen molar-refractivity contribution in [3.8, 4) is 0 Å². The Labute approximate surface area is 85.1 Å². The van der Waals surface area contributed by atoms with E-state index in [9.17, 15) is 4.79 Å². The van der Waals surface area contributed by atoms with E-state index in [4.69, 9.17) is 5.11 Å². The van der Waals surface area contributed by atoms with Crippen LogP contribution in [0.3, 0.4) is 0 Å². The molecule has 3 N–H and O–H groups in total. The second-order valence-electron chi connectivity index (χ2n) is 4.03. The summed E-state index contributed by atoms with van der Waals surface area (Å²) in [5.74, 6) is 0.0484. The summed E-state index contributed by atoms with van der Waals surface area (Å²) in [7, 11) is 0. The van der Waals surface area contributed by atoms with Crippen molar-refractivity contribution in [2.45, 2.75) is 26.2 Å². The number of carbonyl (C=O) groups is 1. The van der Waals surface area contributed by atoms with E-state index in [1.807, 2.05) is 6.92 Å². The highest BCUT2D eigenvalue weighted by molar-refractivity contribution is 5.77. The highest BCUT2D eigenvalue weighted by atomic mass is 16.3. The summed E-state index contributed by atoms with van der Waals surface area (Å²) in [5, 5.41) is 14.7. The zero-order valence-electron chi connectivity index (χ0n) is 8.81. The summed E-state index contributed by atoms with van der Waals surface area (Å²) in [6.45, 7) is 4.09. The van der Waals surface area contributed by atoms with E-state index < -0.39 is 0 Å². The van der Waals surface area contributed by atoms with E-state index in [0.717, 1.165) is 13.0 Å². The van der Waals surface area contributed by atoms with Gasteiger partial charge in [0, 0.05) is 19.7 Å². The molecule has 0 heterocycles. The maximum Gasteiger partial charge on any atom is 0.233 e. The molecule has 0 aromatic rings. The molecule has 1 aliphatic rings. The summed E-state index contributed by atoms with van der Waals surface area (Å²) in [4.78, 5) is 11.1. The van der Waals surface area contributed by atoms with Gasteiger partial charge >= 0.3 is 0 Å². The van der Waals surface area contributed by atoms with Gasteiger partial charge in [-0.1, -0.05) is 0 Å². The average Bonchev–Trinajstić information content (AvgIpc) is 2.86. The van der Waals surface area contributed by atoms with Gasteiger partial charge in [-0.2, -0.15) is 0 Å². The second-order valence-corrected chi connectivity index (χ2v) is 4.03. The normalized spacial score (nSPS) is 17.9. The standard InChI is InChI=1S/C10H20N2O2/c1-2-12-9(14)7-11-8-10(3-4-10)5-6-13/h11,13H,2-8H2,1H3,(H,12,14). The van der Waals surface area contributed by atoms with E-state index in [1.54, 1.807) is 0 Å². The Morgan fingerprint density at radius 2 is 2.21 bits per heavy atom. The minimum absolute atomic E-state index is 0.0484. The zero-order chi connectivity index (χ0) is 10.4. The van der Waals surface area contributed by atoms with Crippen LogP contribution in [0.1, 0.15) is 26.2 Å². The first-order chi connectivity index (χ1) is 6.72. The van der Waals surface area contributed by atoms with Crippen molar-refractivity contribution in [1.82, 2.24) is 10.6 Å². The minimum Gasteiger partial charge on any atom is -0.396 e. The predicted molar refractivity (Wildman–Crippen MR) is 54.9 cm³/mol. The van der Waals surface area contributed by atoms with Crippen molar-refractivity contribution in [2.75, 3.05) is 26.2 Å². The summed E-state index contributed by atoms with van der Waals surface area (Å²) in [6.07, 6.45) is 3.21. The van der Waals surface area contributed by atoms with Crippen molar-refractivity contribution in [3.05, 3.63) is 0 Å². The molecule has 0 unspecified atom stereocenters. The largest absolute Gasteiger partial charge is 0.396 e. The summed E-state index contributed by atoms with van der Waals surface area (Å²) in [5.41, 5.74) is 0.293. The van der Waals surface area contributed by atoms with Gasteiger partial charge in [0.1, 0.15) is 0 Å². The Hall–Kier alpha value is -0.610. The van der Waals surface area contributed by atoms with Crippen LogP contribution in [0.25, 0.3) is 0 Å². The third-order valence-corrected chi connectivity index (χ3v) is 2.76. The lowest BCUT2D eigenvalue weighted by Gasteiger charge is -2.13. The van der Waals surface area contributed by atoms with Gasteiger partial charge < -0.3 is 15.7 Å². The molecule has 4 nitrogen and oxygen atoms in total. The lowest BCUT2D eigenvalue weighted by Crippen LogP contribution is -2.36. The van der Waals surface area contributed by atoms with Gasteiger partial charge in [-0.05, 0) is 31.6 Å². The summed E-state index contributed by atoms with van der Waals surface area (Å²) in [6, 6.07) is 0. The number of hydrogen-bond donors (Lipinski definition) is 3. The molecule has 0 radical (unpaired) electrons. The third kappa shape index (κ3) is 3.64. The van der Waals surface area contributed by atoms with E-state index in [1.165, 1.54) is 12.8 Å².